The summed E-state index contributed by atoms with van der Waals surface area (Å²) in [6, 6.07) is 77.2. The molecule has 0 aromatic heterocycles. The third kappa shape index (κ3) is 5.60. The van der Waals surface area contributed by atoms with Crippen LogP contribution in [0.1, 0.15) is 0 Å². The summed E-state index contributed by atoms with van der Waals surface area (Å²) in [6.07, 6.45) is 0. The van der Waals surface area contributed by atoms with E-state index in [2.05, 4.69) is 217 Å². The molecule has 0 amide bonds. The predicted octanol–water partition coefficient (Wildman–Crippen LogP) is 14.8. The maximum Gasteiger partial charge on any atom is 0.0462 e. The van der Waals surface area contributed by atoms with Crippen LogP contribution in [0.4, 0.5) is 17.1 Å². The fourth-order valence-electron chi connectivity index (χ4n) is 7.96. The summed E-state index contributed by atoms with van der Waals surface area (Å²) >= 11 is 0. The number of fused-ring (bicyclic) bond motifs is 6. The van der Waals surface area contributed by atoms with Crippen LogP contribution in [-0.2, 0) is 0 Å². The lowest BCUT2D eigenvalue weighted by Crippen LogP contribution is -2.09. The molecular formula is C52H35N. The maximum atomic E-state index is 2.37. The average Bonchev–Trinajstić information content (AvgIpc) is 3.24. The van der Waals surface area contributed by atoms with E-state index >= 15 is 0 Å². The molecule has 0 heterocycles. The highest BCUT2D eigenvalue weighted by Crippen LogP contribution is 2.40. The number of hydrogen-bond acceptors (Lipinski definition) is 1. The van der Waals surface area contributed by atoms with Crippen LogP contribution in [0.2, 0.25) is 0 Å². The van der Waals surface area contributed by atoms with Gasteiger partial charge in [0.05, 0.1) is 0 Å². The molecule has 1 heteroatoms. The van der Waals surface area contributed by atoms with Gasteiger partial charge in [-0.2, -0.15) is 0 Å². The highest BCUT2D eigenvalue weighted by Gasteiger charge is 2.15. The minimum absolute atomic E-state index is 1.11. The molecule has 10 aromatic carbocycles. The van der Waals surface area contributed by atoms with Gasteiger partial charge in [0.1, 0.15) is 0 Å². The van der Waals surface area contributed by atoms with Crippen molar-refractivity contribution >= 4 is 60.2 Å². The van der Waals surface area contributed by atoms with E-state index in [4.69, 9.17) is 0 Å². The molecule has 0 bridgehead atoms. The molecule has 0 spiro atoms. The Bertz CT molecular complexity index is 2900. The van der Waals surface area contributed by atoms with Crippen LogP contribution in [-0.4, -0.2) is 0 Å². The number of benzene rings is 10. The molecule has 1 nitrogen and oxygen atoms in total. The Labute approximate surface area is 309 Å². The van der Waals surface area contributed by atoms with Crippen LogP contribution in [0.25, 0.3) is 76.5 Å². The Morgan fingerprint density at radius 3 is 1.34 bits per heavy atom. The quantitative estimate of drug-likeness (QED) is 0.159. The van der Waals surface area contributed by atoms with Crippen molar-refractivity contribution in [3.05, 3.63) is 212 Å². The van der Waals surface area contributed by atoms with E-state index in [0.717, 1.165) is 17.1 Å². The molecule has 0 atom stereocenters. The minimum atomic E-state index is 1.11. The van der Waals surface area contributed by atoms with Gasteiger partial charge in [-0.1, -0.05) is 170 Å². The van der Waals surface area contributed by atoms with E-state index in [9.17, 15) is 0 Å². The van der Waals surface area contributed by atoms with Gasteiger partial charge in [-0.25, -0.2) is 0 Å². The van der Waals surface area contributed by atoms with Gasteiger partial charge in [-0.3, -0.25) is 0 Å². The second-order valence-corrected chi connectivity index (χ2v) is 13.8. The molecule has 248 valence electrons. The second kappa shape index (κ2) is 13.0. The summed E-state index contributed by atoms with van der Waals surface area (Å²) in [5, 5.41) is 10.2. The fraction of sp³-hybridized carbons (Fsp3) is 0. The van der Waals surface area contributed by atoms with Gasteiger partial charge in [-0.15, -0.1) is 0 Å². The van der Waals surface area contributed by atoms with Crippen molar-refractivity contribution in [1.29, 1.82) is 0 Å². The Morgan fingerprint density at radius 2 is 0.679 bits per heavy atom. The summed E-state index contributed by atoms with van der Waals surface area (Å²) in [7, 11) is 0. The highest BCUT2D eigenvalue weighted by molar-refractivity contribution is 6.20. The van der Waals surface area contributed by atoms with Crippen LogP contribution in [0.3, 0.4) is 0 Å². The SMILES string of the molecule is c1ccc(-c2ccc(N(c3ccc(-c4ccc5ccc6ccc7ccccc7c6c5c4)cc3)c3ccc(-c4cccc5ccccc45)cc3)cc2)cc1. The molecule has 0 radical (unpaired) electrons. The van der Waals surface area contributed by atoms with Crippen molar-refractivity contribution < 1.29 is 0 Å². The third-order valence-electron chi connectivity index (χ3n) is 10.6. The normalized spacial score (nSPS) is 11.4. The molecule has 10 aromatic rings. The van der Waals surface area contributed by atoms with Crippen LogP contribution in [0, 0.1) is 0 Å². The molecule has 0 aliphatic rings. The van der Waals surface area contributed by atoms with Gasteiger partial charge in [0.2, 0.25) is 0 Å². The molecule has 0 saturated carbocycles. The van der Waals surface area contributed by atoms with Gasteiger partial charge in [0, 0.05) is 17.1 Å². The van der Waals surface area contributed by atoms with E-state index < -0.39 is 0 Å². The van der Waals surface area contributed by atoms with E-state index in [1.165, 1.54) is 76.5 Å². The van der Waals surface area contributed by atoms with Gasteiger partial charge in [0.25, 0.3) is 0 Å². The Morgan fingerprint density at radius 1 is 0.245 bits per heavy atom. The first kappa shape index (κ1) is 30.8. The molecule has 10 rings (SSSR count). The first-order valence-electron chi connectivity index (χ1n) is 18.3. The topological polar surface area (TPSA) is 3.24 Å². The first-order chi connectivity index (χ1) is 26.3. The van der Waals surface area contributed by atoms with Crippen molar-refractivity contribution in [3.8, 4) is 33.4 Å². The van der Waals surface area contributed by atoms with Gasteiger partial charge in [0.15, 0.2) is 0 Å². The highest BCUT2D eigenvalue weighted by atomic mass is 15.1. The Balaban J connectivity index is 1.05. The predicted molar refractivity (Wildman–Crippen MR) is 227 cm³/mol. The van der Waals surface area contributed by atoms with Crippen molar-refractivity contribution in [2.45, 2.75) is 0 Å². The summed E-state index contributed by atoms with van der Waals surface area (Å²) in [4.78, 5) is 2.35. The van der Waals surface area contributed by atoms with E-state index in [1.807, 2.05) is 0 Å². The number of anilines is 3. The molecule has 0 aliphatic heterocycles. The van der Waals surface area contributed by atoms with Gasteiger partial charge in [-0.05, 0) is 119 Å². The lowest BCUT2D eigenvalue weighted by atomic mass is 9.94. The van der Waals surface area contributed by atoms with Gasteiger partial charge >= 0.3 is 0 Å². The molecule has 0 N–H and O–H groups in total. The Hall–Kier alpha value is -6.96. The maximum absolute atomic E-state index is 2.37. The zero-order chi connectivity index (χ0) is 35.1. The van der Waals surface area contributed by atoms with Crippen molar-refractivity contribution in [3.63, 3.8) is 0 Å². The first-order valence-corrected chi connectivity index (χ1v) is 18.3. The molecule has 0 unspecified atom stereocenters. The average molecular weight is 674 g/mol. The zero-order valence-corrected chi connectivity index (χ0v) is 29.2. The van der Waals surface area contributed by atoms with E-state index in [-0.39, 0.29) is 0 Å². The number of rotatable bonds is 6. The van der Waals surface area contributed by atoms with Gasteiger partial charge < -0.3 is 4.90 Å². The van der Waals surface area contributed by atoms with Crippen molar-refractivity contribution in [1.82, 2.24) is 0 Å². The minimum Gasteiger partial charge on any atom is -0.311 e. The van der Waals surface area contributed by atoms with Crippen LogP contribution >= 0.6 is 0 Å². The second-order valence-electron chi connectivity index (χ2n) is 13.8. The molecule has 0 saturated heterocycles. The summed E-state index contributed by atoms with van der Waals surface area (Å²) in [6.45, 7) is 0. The molecule has 53 heavy (non-hydrogen) atoms. The largest absolute Gasteiger partial charge is 0.311 e. The van der Waals surface area contributed by atoms with Crippen LogP contribution < -0.4 is 4.90 Å². The molecule has 0 fully saturated rings. The summed E-state index contributed by atoms with van der Waals surface area (Å²) in [5.74, 6) is 0. The van der Waals surface area contributed by atoms with Crippen LogP contribution in [0.5, 0.6) is 0 Å². The Kier molecular flexibility index (Phi) is 7.55. The zero-order valence-electron chi connectivity index (χ0n) is 29.2. The molecule has 0 aliphatic carbocycles. The standard InChI is InChI=1S/C52H35N/c1-2-9-36(10-3-1)37-23-29-45(30-24-37)53(47-33-27-41(28-34-47)49-16-8-13-39-11-4-6-14-48(39)49)46-31-25-38(26-32-46)44-22-19-42-18-21-43-20-17-40-12-5-7-15-50(40)52(43)51(42)35-44/h1-35H. The monoisotopic (exact) mass is 673 g/mol. The fourth-order valence-corrected chi connectivity index (χ4v) is 7.96. The third-order valence-corrected chi connectivity index (χ3v) is 10.6. The lowest BCUT2D eigenvalue weighted by molar-refractivity contribution is 1.28. The number of nitrogens with zero attached hydrogens (tertiary/aromatic N) is 1. The van der Waals surface area contributed by atoms with Crippen molar-refractivity contribution in [2.75, 3.05) is 4.90 Å². The van der Waals surface area contributed by atoms with E-state index in [1.54, 1.807) is 0 Å². The number of hydrogen-bond donors (Lipinski definition) is 0. The lowest BCUT2D eigenvalue weighted by Gasteiger charge is -2.26. The summed E-state index contributed by atoms with van der Waals surface area (Å²) < 4.78 is 0. The molecular weight excluding hydrogens is 639 g/mol. The van der Waals surface area contributed by atoms with Crippen LogP contribution in [0.15, 0.2) is 212 Å². The summed E-state index contributed by atoms with van der Waals surface area (Å²) in [5.41, 5.74) is 10.6. The van der Waals surface area contributed by atoms with Crippen molar-refractivity contribution in [2.24, 2.45) is 0 Å². The van der Waals surface area contributed by atoms with E-state index in [0.29, 0.717) is 0 Å². The smallest absolute Gasteiger partial charge is 0.0462 e.